The van der Waals surface area contributed by atoms with Crippen LogP contribution in [0.2, 0.25) is 0 Å². The molecule has 1 aromatic heterocycles. The molecular weight excluding hydrogens is 266 g/mol. The standard InChI is InChI=1S/C16H19N3O2/c1-2-4-14-12(3-1)8-13(9-17-14)16-18-15(19-21-16)7-11-5-6-20-10-11/h1-4,11,13,17H,5-10H2. The summed E-state index contributed by atoms with van der Waals surface area (Å²) < 4.78 is 10.9. The van der Waals surface area contributed by atoms with Gasteiger partial charge in [0.2, 0.25) is 5.89 Å². The highest BCUT2D eigenvalue weighted by atomic mass is 16.5. The summed E-state index contributed by atoms with van der Waals surface area (Å²) in [5.41, 5.74) is 2.54. The van der Waals surface area contributed by atoms with Crippen molar-refractivity contribution in [2.45, 2.75) is 25.2 Å². The molecule has 1 fully saturated rings. The van der Waals surface area contributed by atoms with Gasteiger partial charge in [-0.05, 0) is 30.4 Å². The number of rotatable bonds is 3. The van der Waals surface area contributed by atoms with Gasteiger partial charge in [0.1, 0.15) is 0 Å². The van der Waals surface area contributed by atoms with E-state index in [1.807, 2.05) is 0 Å². The fourth-order valence-electron chi connectivity index (χ4n) is 3.13. The lowest BCUT2D eigenvalue weighted by molar-refractivity contribution is 0.185. The number of nitrogens with zero attached hydrogens (tertiary/aromatic N) is 2. The van der Waals surface area contributed by atoms with Crippen LogP contribution in [-0.4, -0.2) is 29.9 Å². The molecule has 1 saturated heterocycles. The first-order chi connectivity index (χ1) is 10.4. The van der Waals surface area contributed by atoms with Crippen LogP contribution in [0.4, 0.5) is 5.69 Å². The number of fused-ring (bicyclic) bond motifs is 1. The van der Waals surface area contributed by atoms with E-state index < -0.39 is 0 Å². The van der Waals surface area contributed by atoms with Gasteiger partial charge in [-0.1, -0.05) is 23.4 Å². The van der Waals surface area contributed by atoms with Gasteiger partial charge in [-0.3, -0.25) is 0 Å². The minimum absolute atomic E-state index is 0.265. The third-order valence-electron chi connectivity index (χ3n) is 4.35. The smallest absolute Gasteiger partial charge is 0.231 e. The number of anilines is 1. The lowest BCUT2D eigenvalue weighted by Crippen LogP contribution is -2.21. The molecule has 0 radical (unpaired) electrons. The molecule has 5 heteroatoms. The van der Waals surface area contributed by atoms with Crippen LogP contribution in [0.1, 0.15) is 29.6 Å². The summed E-state index contributed by atoms with van der Waals surface area (Å²) >= 11 is 0. The van der Waals surface area contributed by atoms with Gasteiger partial charge in [0.25, 0.3) is 0 Å². The topological polar surface area (TPSA) is 60.2 Å². The lowest BCUT2D eigenvalue weighted by atomic mass is 9.94. The molecule has 2 atom stereocenters. The number of aromatic nitrogens is 2. The molecule has 0 bridgehead atoms. The Labute approximate surface area is 123 Å². The molecule has 0 spiro atoms. The molecule has 1 N–H and O–H groups in total. The van der Waals surface area contributed by atoms with Gasteiger partial charge < -0.3 is 14.6 Å². The third kappa shape index (κ3) is 2.65. The predicted octanol–water partition coefficient (Wildman–Crippen LogP) is 2.40. The van der Waals surface area contributed by atoms with E-state index >= 15 is 0 Å². The van der Waals surface area contributed by atoms with Gasteiger partial charge in [-0.15, -0.1) is 0 Å². The van der Waals surface area contributed by atoms with Crippen molar-refractivity contribution in [3.05, 3.63) is 41.5 Å². The van der Waals surface area contributed by atoms with Crippen LogP contribution in [0, 0.1) is 5.92 Å². The van der Waals surface area contributed by atoms with Crippen LogP contribution in [-0.2, 0) is 17.6 Å². The molecule has 1 aromatic carbocycles. The summed E-state index contributed by atoms with van der Waals surface area (Å²) in [6.07, 6.45) is 2.92. The van der Waals surface area contributed by atoms with E-state index in [1.54, 1.807) is 0 Å². The summed E-state index contributed by atoms with van der Waals surface area (Å²) in [6, 6.07) is 8.40. The Morgan fingerprint density at radius 3 is 3.14 bits per heavy atom. The summed E-state index contributed by atoms with van der Waals surface area (Å²) in [6.45, 7) is 2.53. The molecule has 2 unspecified atom stereocenters. The average molecular weight is 285 g/mol. The van der Waals surface area contributed by atoms with Crippen molar-refractivity contribution in [3.63, 3.8) is 0 Å². The van der Waals surface area contributed by atoms with Crippen molar-refractivity contribution >= 4 is 5.69 Å². The largest absolute Gasteiger partial charge is 0.384 e. The van der Waals surface area contributed by atoms with Crippen molar-refractivity contribution in [1.82, 2.24) is 10.1 Å². The van der Waals surface area contributed by atoms with Crippen LogP contribution in [0.3, 0.4) is 0 Å². The minimum Gasteiger partial charge on any atom is -0.384 e. The molecule has 0 saturated carbocycles. The average Bonchev–Trinajstić information content (AvgIpc) is 3.19. The molecule has 2 aliphatic heterocycles. The van der Waals surface area contributed by atoms with Crippen LogP contribution in [0.15, 0.2) is 28.8 Å². The van der Waals surface area contributed by atoms with E-state index in [0.29, 0.717) is 5.92 Å². The summed E-state index contributed by atoms with van der Waals surface area (Å²) in [5, 5.41) is 7.59. The van der Waals surface area contributed by atoms with Crippen LogP contribution < -0.4 is 5.32 Å². The number of para-hydroxylation sites is 1. The normalized spacial score (nSPS) is 24.6. The fraction of sp³-hybridized carbons (Fsp3) is 0.500. The summed E-state index contributed by atoms with van der Waals surface area (Å²) in [7, 11) is 0. The van der Waals surface area contributed by atoms with Crippen molar-refractivity contribution in [1.29, 1.82) is 0 Å². The zero-order valence-electron chi connectivity index (χ0n) is 11.9. The SMILES string of the molecule is c1ccc2c(c1)CC(c1nc(CC3CCOC3)no1)CN2. The van der Waals surface area contributed by atoms with Gasteiger partial charge in [0.15, 0.2) is 5.82 Å². The van der Waals surface area contributed by atoms with Crippen molar-refractivity contribution in [2.24, 2.45) is 5.92 Å². The number of hydrogen-bond acceptors (Lipinski definition) is 5. The molecule has 3 heterocycles. The third-order valence-corrected chi connectivity index (χ3v) is 4.35. The Morgan fingerprint density at radius 2 is 2.24 bits per heavy atom. The van der Waals surface area contributed by atoms with Crippen molar-refractivity contribution < 1.29 is 9.26 Å². The second-order valence-corrected chi connectivity index (χ2v) is 5.92. The molecule has 2 aliphatic rings. The molecule has 110 valence electrons. The van der Waals surface area contributed by atoms with Gasteiger partial charge in [0.05, 0.1) is 5.92 Å². The number of benzene rings is 1. The Bertz CT molecular complexity index is 619. The van der Waals surface area contributed by atoms with Crippen LogP contribution in [0.5, 0.6) is 0 Å². The molecule has 0 amide bonds. The number of nitrogens with one attached hydrogen (secondary N) is 1. The number of ether oxygens (including phenoxy) is 1. The van der Waals surface area contributed by atoms with E-state index in [9.17, 15) is 0 Å². The van der Waals surface area contributed by atoms with E-state index in [0.717, 1.165) is 50.7 Å². The Morgan fingerprint density at radius 1 is 1.29 bits per heavy atom. The van der Waals surface area contributed by atoms with Gasteiger partial charge in [0, 0.05) is 31.9 Å². The zero-order valence-corrected chi connectivity index (χ0v) is 11.9. The second-order valence-electron chi connectivity index (χ2n) is 5.92. The first-order valence-electron chi connectivity index (χ1n) is 7.60. The number of hydrogen-bond donors (Lipinski definition) is 1. The Hall–Kier alpha value is -1.88. The quantitative estimate of drug-likeness (QED) is 0.938. The summed E-state index contributed by atoms with van der Waals surface area (Å²) in [5.74, 6) is 2.38. The van der Waals surface area contributed by atoms with Crippen LogP contribution in [0.25, 0.3) is 0 Å². The fourth-order valence-corrected chi connectivity index (χ4v) is 3.13. The van der Waals surface area contributed by atoms with Crippen molar-refractivity contribution in [2.75, 3.05) is 25.1 Å². The summed E-state index contributed by atoms with van der Waals surface area (Å²) in [4.78, 5) is 4.60. The lowest BCUT2D eigenvalue weighted by Gasteiger charge is -2.23. The first kappa shape index (κ1) is 12.8. The maximum Gasteiger partial charge on any atom is 0.231 e. The minimum atomic E-state index is 0.265. The van der Waals surface area contributed by atoms with Gasteiger partial charge in [-0.25, -0.2) is 0 Å². The molecule has 4 rings (SSSR count). The Balaban J connectivity index is 1.46. The van der Waals surface area contributed by atoms with Gasteiger partial charge in [-0.2, -0.15) is 4.98 Å². The predicted molar refractivity (Wildman–Crippen MR) is 78.3 cm³/mol. The van der Waals surface area contributed by atoms with E-state index in [4.69, 9.17) is 9.26 Å². The van der Waals surface area contributed by atoms with Gasteiger partial charge >= 0.3 is 0 Å². The van der Waals surface area contributed by atoms with E-state index in [2.05, 4.69) is 39.7 Å². The molecule has 21 heavy (non-hydrogen) atoms. The molecule has 2 aromatic rings. The molecule has 0 aliphatic carbocycles. The van der Waals surface area contributed by atoms with E-state index in [-0.39, 0.29) is 5.92 Å². The highest BCUT2D eigenvalue weighted by Gasteiger charge is 2.25. The van der Waals surface area contributed by atoms with Crippen LogP contribution >= 0.6 is 0 Å². The van der Waals surface area contributed by atoms with E-state index in [1.165, 1.54) is 11.3 Å². The maximum atomic E-state index is 5.49. The maximum absolute atomic E-state index is 5.49. The zero-order chi connectivity index (χ0) is 14.1. The first-order valence-corrected chi connectivity index (χ1v) is 7.60. The monoisotopic (exact) mass is 285 g/mol. The molecular formula is C16H19N3O2. The Kier molecular flexibility index (Phi) is 3.35. The highest BCUT2D eigenvalue weighted by Crippen LogP contribution is 2.29. The van der Waals surface area contributed by atoms with Crippen molar-refractivity contribution in [3.8, 4) is 0 Å². The molecule has 5 nitrogen and oxygen atoms in total. The second kappa shape index (κ2) is 5.48. The highest BCUT2D eigenvalue weighted by molar-refractivity contribution is 5.53.